The van der Waals surface area contributed by atoms with Crippen molar-refractivity contribution in [2.75, 3.05) is 11.0 Å². The van der Waals surface area contributed by atoms with Gasteiger partial charge >= 0.3 is 0 Å². The van der Waals surface area contributed by atoms with Crippen LogP contribution in [0.15, 0.2) is 48.5 Å². The van der Waals surface area contributed by atoms with E-state index in [-0.39, 0.29) is 5.82 Å². The third kappa shape index (κ3) is 3.07. The van der Waals surface area contributed by atoms with Crippen LogP contribution in [0.2, 0.25) is 0 Å². The smallest absolute Gasteiger partial charge is 0.229 e. The highest BCUT2D eigenvalue weighted by Crippen LogP contribution is 2.25. The fourth-order valence-corrected chi connectivity index (χ4v) is 2.21. The molecule has 0 unspecified atom stereocenters. The lowest BCUT2D eigenvalue weighted by Gasteiger charge is -2.07. The average Bonchev–Trinajstić information content (AvgIpc) is 2.27. The van der Waals surface area contributed by atoms with Gasteiger partial charge in [-0.3, -0.25) is 4.72 Å². The summed E-state index contributed by atoms with van der Waals surface area (Å²) in [6.45, 7) is 0. The summed E-state index contributed by atoms with van der Waals surface area (Å²) in [4.78, 5) is 0. The second-order valence-corrected chi connectivity index (χ2v) is 5.68. The van der Waals surface area contributed by atoms with Crippen LogP contribution >= 0.6 is 0 Å². The summed E-state index contributed by atoms with van der Waals surface area (Å²) in [6, 6.07) is 13.0. The Labute approximate surface area is 105 Å². The monoisotopic (exact) mass is 265 g/mol. The third-order valence-corrected chi connectivity index (χ3v) is 2.96. The van der Waals surface area contributed by atoms with Gasteiger partial charge in [-0.15, -0.1) is 0 Å². The molecule has 0 heterocycles. The molecule has 5 heteroatoms. The Bertz CT molecular complexity index is 668. The van der Waals surface area contributed by atoms with E-state index >= 15 is 0 Å². The van der Waals surface area contributed by atoms with Gasteiger partial charge in [-0.05, 0) is 23.8 Å². The van der Waals surface area contributed by atoms with Gasteiger partial charge in [0.1, 0.15) is 5.82 Å². The van der Waals surface area contributed by atoms with E-state index in [1.54, 1.807) is 42.5 Å². The van der Waals surface area contributed by atoms with Gasteiger partial charge in [0.15, 0.2) is 0 Å². The number of hydrogen-bond donors (Lipinski definition) is 1. The molecule has 0 aromatic heterocycles. The van der Waals surface area contributed by atoms with E-state index in [1.807, 2.05) is 0 Å². The molecular weight excluding hydrogens is 253 g/mol. The molecule has 2 rings (SSSR count). The van der Waals surface area contributed by atoms with Crippen molar-refractivity contribution in [3.63, 3.8) is 0 Å². The van der Waals surface area contributed by atoms with Crippen LogP contribution < -0.4 is 4.72 Å². The van der Waals surface area contributed by atoms with Gasteiger partial charge < -0.3 is 0 Å². The zero-order valence-electron chi connectivity index (χ0n) is 9.72. The van der Waals surface area contributed by atoms with Crippen LogP contribution in [0.4, 0.5) is 10.1 Å². The van der Waals surface area contributed by atoms with Crippen LogP contribution in [0.25, 0.3) is 11.1 Å². The topological polar surface area (TPSA) is 46.2 Å². The summed E-state index contributed by atoms with van der Waals surface area (Å²) < 4.78 is 38.2. The maximum absolute atomic E-state index is 13.6. The van der Waals surface area contributed by atoms with Crippen LogP contribution in [0.3, 0.4) is 0 Å². The third-order valence-electron chi connectivity index (χ3n) is 2.35. The minimum atomic E-state index is -3.33. The van der Waals surface area contributed by atoms with Gasteiger partial charge in [0, 0.05) is 11.3 Å². The fraction of sp³-hybridized carbons (Fsp3) is 0.0769. The molecule has 94 valence electrons. The van der Waals surface area contributed by atoms with E-state index < -0.39 is 10.0 Å². The number of sulfonamides is 1. The predicted molar refractivity (Wildman–Crippen MR) is 70.3 cm³/mol. The molecule has 0 saturated heterocycles. The first kappa shape index (κ1) is 12.6. The molecule has 0 radical (unpaired) electrons. The van der Waals surface area contributed by atoms with Crippen LogP contribution in [-0.4, -0.2) is 14.7 Å². The van der Waals surface area contributed by atoms with Crippen molar-refractivity contribution in [1.29, 1.82) is 0 Å². The Kier molecular flexibility index (Phi) is 3.34. The van der Waals surface area contributed by atoms with Gasteiger partial charge in [-0.25, -0.2) is 12.8 Å². The van der Waals surface area contributed by atoms with Crippen molar-refractivity contribution in [3.05, 3.63) is 54.3 Å². The maximum atomic E-state index is 13.6. The van der Waals surface area contributed by atoms with Crippen molar-refractivity contribution < 1.29 is 12.8 Å². The van der Waals surface area contributed by atoms with Crippen molar-refractivity contribution in [2.45, 2.75) is 0 Å². The van der Waals surface area contributed by atoms with Gasteiger partial charge in [0.05, 0.1) is 6.26 Å². The second-order valence-electron chi connectivity index (χ2n) is 3.93. The second kappa shape index (κ2) is 4.78. The molecule has 2 aromatic rings. The van der Waals surface area contributed by atoms with E-state index in [2.05, 4.69) is 4.72 Å². The summed E-state index contributed by atoms with van der Waals surface area (Å²) in [5.74, 6) is -0.339. The first-order chi connectivity index (χ1) is 8.46. The van der Waals surface area contributed by atoms with Crippen LogP contribution in [0, 0.1) is 5.82 Å². The van der Waals surface area contributed by atoms with Gasteiger partial charge in [0.2, 0.25) is 10.0 Å². The first-order valence-corrected chi connectivity index (χ1v) is 7.17. The van der Waals surface area contributed by atoms with Crippen molar-refractivity contribution in [3.8, 4) is 11.1 Å². The van der Waals surface area contributed by atoms with Crippen molar-refractivity contribution in [1.82, 2.24) is 0 Å². The van der Waals surface area contributed by atoms with Crippen LogP contribution in [-0.2, 0) is 10.0 Å². The molecule has 0 aliphatic rings. The van der Waals surface area contributed by atoms with E-state index in [9.17, 15) is 12.8 Å². The summed E-state index contributed by atoms with van der Waals surface area (Å²) in [5, 5.41) is 0. The molecule has 0 aliphatic carbocycles. The van der Waals surface area contributed by atoms with Gasteiger partial charge in [-0.1, -0.05) is 30.3 Å². The molecule has 0 amide bonds. The highest BCUT2D eigenvalue weighted by molar-refractivity contribution is 7.92. The standard InChI is InChI=1S/C13H12FNO2S/c1-18(16,17)15-11-6-4-5-10(9-11)12-7-2-3-8-13(12)14/h2-9,15H,1H3. The number of anilines is 1. The number of hydrogen-bond acceptors (Lipinski definition) is 2. The zero-order chi connectivity index (χ0) is 13.2. The van der Waals surface area contributed by atoms with Gasteiger partial charge in [-0.2, -0.15) is 0 Å². The summed E-state index contributed by atoms with van der Waals surface area (Å²) in [7, 11) is -3.33. The summed E-state index contributed by atoms with van der Waals surface area (Å²) in [5.41, 5.74) is 1.48. The minimum Gasteiger partial charge on any atom is -0.284 e. The lowest BCUT2D eigenvalue weighted by atomic mass is 10.0. The Morgan fingerprint density at radius 3 is 2.44 bits per heavy atom. The average molecular weight is 265 g/mol. The molecule has 0 aliphatic heterocycles. The van der Waals surface area contributed by atoms with E-state index in [0.717, 1.165) is 6.26 Å². The molecule has 0 spiro atoms. The Balaban J connectivity index is 2.42. The normalized spacial score (nSPS) is 11.2. The fourth-order valence-electron chi connectivity index (χ4n) is 1.66. The van der Waals surface area contributed by atoms with Crippen LogP contribution in [0.1, 0.15) is 0 Å². The Morgan fingerprint density at radius 2 is 1.78 bits per heavy atom. The molecule has 0 bridgehead atoms. The highest BCUT2D eigenvalue weighted by atomic mass is 32.2. The summed E-state index contributed by atoms with van der Waals surface area (Å²) >= 11 is 0. The number of rotatable bonds is 3. The van der Waals surface area contributed by atoms with E-state index in [4.69, 9.17) is 0 Å². The number of nitrogens with one attached hydrogen (secondary N) is 1. The molecule has 1 N–H and O–H groups in total. The minimum absolute atomic E-state index is 0.339. The summed E-state index contributed by atoms with van der Waals surface area (Å²) in [6.07, 6.45) is 1.07. The molecule has 0 saturated carbocycles. The lowest BCUT2D eigenvalue weighted by Crippen LogP contribution is -2.09. The number of halogens is 1. The first-order valence-electron chi connectivity index (χ1n) is 5.28. The molecular formula is C13H12FNO2S. The maximum Gasteiger partial charge on any atom is 0.229 e. The lowest BCUT2D eigenvalue weighted by molar-refractivity contribution is 0.607. The van der Waals surface area contributed by atoms with Crippen molar-refractivity contribution in [2.24, 2.45) is 0 Å². The molecule has 18 heavy (non-hydrogen) atoms. The van der Waals surface area contributed by atoms with Crippen molar-refractivity contribution >= 4 is 15.7 Å². The quantitative estimate of drug-likeness (QED) is 0.927. The molecule has 0 atom stereocenters. The molecule has 2 aromatic carbocycles. The highest BCUT2D eigenvalue weighted by Gasteiger charge is 2.06. The van der Waals surface area contributed by atoms with E-state index in [0.29, 0.717) is 16.8 Å². The molecule has 3 nitrogen and oxygen atoms in total. The molecule has 0 fully saturated rings. The number of benzene rings is 2. The van der Waals surface area contributed by atoms with E-state index in [1.165, 1.54) is 6.07 Å². The zero-order valence-corrected chi connectivity index (χ0v) is 10.5. The Hall–Kier alpha value is -1.88. The van der Waals surface area contributed by atoms with Gasteiger partial charge in [0.25, 0.3) is 0 Å². The largest absolute Gasteiger partial charge is 0.284 e. The van der Waals surface area contributed by atoms with Crippen LogP contribution in [0.5, 0.6) is 0 Å². The predicted octanol–water partition coefficient (Wildman–Crippen LogP) is 2.86. The Morgan fingerprint density at radius 1 is 1.06 bits per heavy atom. The SMILES string of the molecule is CS(=O)(=O)Nc1cccc(-c2ccccc2F)c1.